The summed E-state index contributed by atoms with van der Waals surface area (Å²) in [6.07, 6.45) is 0.877. The third kappa shape index (κ3) is 8.36. The molecule has 0 saturated carbocycles. The molecule has 0 heterocycles. The van der Waals surface area contributed by atoms with Crippen LogP contribution in [-0.4, -0.2) is 48.7 Å². The van der Waals surface area contributed by atoms with Gasteiger partial charge in [-0.3, -0.25) is 24.0 Å². The minimum Gasteiger partial charge on any atom is -0.352 e. The highest BCUT2D eigenvalue weighted by Crippen LogP contribution is 2.27. The van der Waals surface area contributed by atoms with Crippen LogP contribution in [0.1, 0.15) is 37.0 Å². The number of aryl methyl sites for hydroxylation is 1. The van der Waals surface area contributed by atoms with Crippen LogP contribution in [0.5, 0.6) is 0 Å². The van der Waals surface area contributed by atoms with Crippen molar-refractivity contribution < 1.29 is 22.9 Å². The molecule has 4 aromatic carbocycles. The predicted molar refractivity (Wildman–Crippen MR) is 178 cm³/mol. The summed E-state index contributed by atoms with van der Waals surface area (Å²) in [5, 5.41) is 14.3. The molecule has 0 bridgehead atoms. The van der Waals surface area contributed by atoms with Gasteiger partial charge in [-0.25, -0.2) is 8.42 Å². The maximum absolute atomic E-state index is 14.5. The summed E-state index contributed by atoms with van der Waals surface area (Å²) in [5.74, 6) is -0.964. The number of anilines is 1. The minimum absolute atomic E-state index is 0.0520. The Balaban J connectivity index is 1.82. The average molecular weight is 643 g/mol. The molecule has 0 saturated heterocycles. The number of nitrogens with zero attached hydrogens (tertiary/aromatic N) is 3. The molecule has 0 aliphatic heterocycles. The number of benzene rings is 4. The molecule has 0 radical (unpaired) electrons. The first kappa shape index (κ1) is 33.9. The summed E-state index contributed by atoms with van der Waals surface area (Å²) >= 11 is 0. The molecule has 1 N–H and O–H groups in total. The first-order valence-corrected chi connectivity index (χ1v) is 16.5. The van der Waals surface area contributed by atoms with Gasteiger partial charge >= 0.3 is 0 Å². The fourth-order valence-corrected chi connectivity index (χ4v) is 6.39. The van der Waals surface area contributed by atoms with Gasteiger partial charge in [0.05, 0.1) is 15.5 Å². The van der Waals surface area contributed by atoms with Gasteiger partial charge in [-0.05, 0) is 61.2 Å². The zero-order valence-corrected chi connectivity index (χ0v) is 26.9. The smallest absolute Gasteiger partial charge is 0.269 e. The topological polar surface area (TPSA) is 130 Å². The first-order chi connectivity index (χ1) is 22.0. The molecule has 0 aliphatic rings. The summed E-state index contributed by atoms with van der Waals surface area (Å²) in [4.78, 5) is 40.6. The molecule has 240 valence electrons. The van der Waals surface area contributed by atoms with E-state index in [0.29, 0.717) is 6.42 Å². The maximum atomic E-state index is 14.5. The number of non-ortho nitro benzene ring substituents is 1. The second-order valence-electron chi connectivity index (χ2n) is 11.1. The molecule has 46 heavy (non-hydrogen) atoms. The molecular weight excluding hydrogens is 604 g/mol. The van der Waals surface area contributed by atoms with Gasteiger partial charge in [-0.2, -0.15) is 0 Å². The Labute approximate surface area is 269 Å². The van der Waals surface area contributed by atoms with Crippen LogP contribution in [0.15, 0.2) is 114 Å². The van der Waals surface area contributed by atoms with Gasteiger partial charge in [-0.15, -0.1) is 0 Å². The van der Waals surface area contributed by atoms with Crippen molar-refractivity contribution in [1.82, 2.24) is 10.2 Å². The molecule has 2 amide bonds. The molecule has 0 fully saturated rings. The number of amides is 2. The third-order valence-electron chi connectivity index (χ3n) is 7.83. The number of hydrogen-bond acceptors (Lipinski definition) is 6. The largest absolute Gasteiger partial charge is 0.352 e. The van der Waals surface area contributed by atoms with Crippen molar-refractivity contribution in [3.8, 4) is 0 Å². The molecular formula is C35H38N4O6S. The zero-order chi connectivity index (χ0) is 33.3. The van der Waals surface area contributed by atoms with E-state index >= 15 is 0 Å². The monoisotopic (exact) mass is 642 g/mol. The standard InChI is InChI=1S/C35H38N4O6S/c1-4-27(3)36-35(41)33(23-28-14-7-5-8-15-28)37(24-29-16-12-11-13-26(29)2)34(40)25-38(30-19-21-31(22-20-30)39(42)43)46(44,45)32-17-9-6-10-18-32/h5-22,27,33H,4,23-25H2,1-3H3,(H,36,41)/t27-,33+/m0/s1. The number of nitrogens with one attached hydrogen (secondary N) is 1. The fraction of sp³-hybridized carbons (Fsp3) is 0.257. The number of hydrogen-bond donors (Lipinski definition) is 1. The van der Waals surface area contributed by atoms with E-state index in [0.717, 1.165) is 21.0 Å². The Kier molecular flexibility index (Phi) is 11.3. The van der Waals surface area contributed by atoms with Crippen molar-refractivity contribution in [3.05, 3.63) is 136 Å². The highest BCUT2D eigenvalue weighted by Gasteiger charge is 2.35. The summed E-state index contributed by atoms with van der Waals surface area (Å²) in [6.45, 7) is 5.14. The van der Waals surface area contributed by atoms with Gasteiger partial charge in [0.2, 0.25) is 11.8 Å². The van der Waals surface area contributed by atoms with Crippen LogP contribution in [0, 0.1) is 17.0 Å². The maximum Gasteiger partial charge on any atom is 0.269 e. The van der Waals surface area contributed by atoms with Crippen LogP contribution in [0.2, 0.25) is 0 Å². The number of carbonyl (C=O) groups excluding carboxylic acids is 2. The average Bonchev–Trinajstić information content (AvgIpc) is 3.06. The van der Waals surface area contributed by atoms with Crippen molar-refractivity contribution in [3.63, 3.8) is 0 Å². The number of rotatable bonds is 14. The highest BCUT2D eigenvalue weighted by molar-refractivity contribution is 7.92. The third-order valence-corrected chi connectivity index (χ3v) is 9.62. The highest BCUT2D eigenvalue weighted by atomic mass is 32.2. The van der Waals surface area contributed by atoms with Crippen LogP contribution < -0.4 is 9.62 Å². The lowest BCUT2D eigenvalue weighted by Gasteiger charge is -2.34. The molecule has 4 aromatic rings. The van der Waals surface area contributed by atoms with E-state index in [4.69, 9.17) is 0 Å². The molecule has 0 aliphatic carbocycles. The molecule has 4 rings (SSSR count). The number of nitro groups is 1. The molecule has 0 aromatic heterocycles. The van der Waals surface area contributed by atoms with E-state index in [2.05, 4.69) is 5.32 Å². The second kappa shape index (κ2) is 15.3. The van der Waals surface area contributed by atoms with Gasteiger partial charge < -0.3 is 10.2 Å². The van der Waals surface area contributed by atoms with Gasteiger partial charge in [-0.1, -0.05) is 79.7 Å². The zero-order valence-electron chi connectivity index (χ0n) is 26.1. The van der Waals surface area contributed by atoms with E-state index in [9.17, 15) is 28.1 Å². The number of carbonyl (C=O) groups is 2. The van der Waals surface area contributed by atoms with Gasteiger partial charge in [0.15, 0.2) is 0 Å². The van der Waals surface area contributed by atoms with Crippen molar-refractivity contribution in [2.45, 2.75) is 57.1 Å². The minimum atomic E-state index is -4.31. The summed E-state index contributed by atoms with van der Waals surface area (Å²) in [6, 6.07) is 28.4. The normalized spacial score (nSPS) is 12.5. The molecule has 10 nitrogen and oxygen atoms in total. The Bertz CT molecular complexity index is 1750. The Morgan fingerprint density at radius 1 is 0.870 bits per heavy atom. The predicted octanol–water partition coefficient (Wildman–Crippen LogP) is 5.65. The van der Waals surface area contributed by atoms with E-state index in [1.54, 1.807) is 18.2 Å². The van der Waals surface area contributed by atoms with Crippen LogP contribution >= 0.6 is 0 Å². The quantitative estimate of drug-likeness (QED) is 0.140. The van der Waals surface area contributed by atoms with Crippen molar-refractivity contribution in [2.24, 2.45) is 0 Å². The Morgan fingerprint density at radius 2 is 1.46 bits per heavy atom. The molecule has 11 heteroatoms. The lowest BCUT2D eigenvalue weighted by molar-refractivity contribution is -0.384. The molecule has 2 atom stereocenters. The van der Waals surface area contributed by atoms with Crippen LogP contribution in [-0.2, 0) is 32.6 Å². The van der Waals surface area contributed by atoms with E-state index in [-0.39, 0.29) is 41.2 Å². The summed E-state index contributed by atoms with van der Waals surface area (Å²) in [7, 11) is -4.31. The fourth-order valence-electron chi connectivity index (χ4n) is 4.96. The number of sulfonamides is 1. The van der Waals surface area contributed by atoms with E-state index in [1.165, 1.54) is 41.3 Å². The van der Waals surface area contributed by atoms with Crippen LogP contribution in [0.25, 0.3) is 0 Å². The lowest BCUT2D eigenvalue weighted by Crippen LogP contribution is -2.54. The second-order valence-corrected chi connectivity index (χ2v) is 12.9. The number of nitro benzene ring substituents is 1. The van der Waals surface area contributed by atoms with E-state index in [1.807, 2.05) is 75.4 Å². The summed E-state index contributed by atoms with van der Waals surface area (Å²) < 4.78 is 29.0. The van der Waals surface area contributed by atoms with Gasteiger partial charge in [0.1, 0.15) is 12.6 Å². The molecule has 0 unspecified atom stereocenters. The lowest BCUT2D eigenvalue weighted by atomic mass is 10.0. The van der Waals surface area contributed by atoms with Crippen molar-refractivity contribution in [1.29, 1.82) is 0 Å². The molecule has 0 spiro atoms. The van der Waals surface area contributed by atoms with Crippen LogP contribution in [0.4, 0.5) is 11.4 Å². The van der Waals surface area contributed by atoms with Crippen molar-refractivity contribution in [2.75, 3.05) is 10.8 Å². The summed E-state index contributed by atoms with van der Waals surface area (Å²) in [5.41, 5.74) is 2.39. The van der Waals surface area contributed by atoms with Crippen molar-refractivity contribution >= 4 is 33.2 Å². The SMILES string of the molecule is CC[C@H](C)NC(=O)[C@@H](Cc1ccccc1)N(Cc1ccccc1C)C(=O)CN(c1ccc([N+](=O)[O-])cc1)S(=O)(=O)c1ccccc1. The Hall–Kier alpha value is -5.03. The van der Waals surface area contributed by atoms with Crippen LogP contribution in [0.3, 0.4) is 0 Å². The van der Waals surface area contributed by atoms with Gasteiger partial charge in [0, 0.05) is 31.1 Å². The van der Waals surface area contributed by atoms with E-state index < -0.39 is 33.4 Å². The first-order valence-electron chi connectivity index (χ1n) is 15.0. The van der Waals surface area contributed by atoms with Gasteiger partial charge in [0.25, 0.3) is 15.7 Å². The Morgan fingerprint density at radius 3 is 2.04 bits per heavy atom.